The molecule has 0 radical (unpaired) electrons. The lowest BCUT2D eigenvalue weighted by atomic mass is 10.0. The van der Waals surface area contributed by atoms with Gasteiger partial charge in [0.2, 0.25) is 0 Å². The Bertz CT molecular complexity index is 296. The third-order valence-electron chi connectivity index (χ3n) is 2.82. The lowest BCUT2D eigenvalue weighted by molar-refractivity contribution is 0.484. The second kappa shape index (κ2) is 5.64. The highest BCUT2D eigenvalue weighted by Gasteiger charge is 2.07. The third-order valence-corrected chi connectivity index (χ3v) is 2.82. The molecule has 84 valence electrons. The molecular weight excluding hydrogens is 184 g/mol. The van der Waals surface area contributed by atoms with E-state index in [1.165, 1.54) is 12.8 Å². The number of hydrogen-bond acceptors (Lipinski definition) is 2. The van der Waals surface area contributed by atoms with Crippen molar-refractivity contribution in [1.82, 2.24) is 0 Å². The average molecular weight is 206 g/mol. The van der Waals surface area contributed by atoms with E-state index in [-0.39, 0.29) is 0 Å². The van der Waals surface area contributed by atoms with E-state index in [1.807, 2.05) is 24.3 Å². The van der Waals surface area contributed by atoms with Crippen molar-refractivity contribution in [3.8, 4) is 0 Å². The van der Waals surface area contributed by atoms with Gasteiger partial charge in [0.1, 0.15) is 0 Å². The van der Waals surface area contributed by atoms with Crippen molar-refractivity contribution < 1.29 is 0 Å². The second-order valence-corrected chi connectivity index (χ2v) is 4.38. The molecule has 0 aliphatic heterocycles. The summed E-state index contributed by atoms with van der Waals surface area (Å²) in [6, 6.07) is 8.40. The summed E-state index contributed by atoms with van der Waals surface area (Å²) in [7, 11) is 0. The van der Waals surface area contributed by atoms with Crippen molar-refractivity contribution in [2.45, 2.75) is 39.7 Å². The van der Waals surface area contributed by atoms with Gasteiger partial charge in [-0.2, -0.15) is 0 Å². The molecule has 0 aliphatic rings. The molecule has 0 fully saturated rings. The predicted octanol–water partition coefficient (Wildman–Crippen LogP) is 3.51. The van der Waals surface area contributed by atoms with Crippen molar-refractivity contribution >= 4 is 11.4 Å². The molecule has 2 nitrogen and oxygen atoms in total. The molecule has 15 heavy (non-hydrogen) atoms. The summed E-state index contributed by atoms with van der Waals surface area (Å²) in [6.45, 7) is 6.72. The van der Waals surface area contributed by atoms with Crippen molar-refractivity contribution in [2.75, 3.05) is 11.1 Å². The highest BCUT2D eigenvalue weighted by molar-refractivity contribution is 5.65. The molecule has 0 bridgehead atoms. The van der Waals surface area contributed by atoms with Gasteiger partial charge in [-0.3, -0.25) is 0 Å². The van der Waals surface area contributed by atoms with Gasteiger partial charge in [-0.1, -0.05) is 32.4 Å². The fourth-order valence-corrected chi connectivity index (χ4v) is 1.72. The van der Waals surface area contributed by atoms with E-state index < -0.39 is 0 Å². The Hall–Kier alpha value is -1.18. The molecule has 3 N–H and O–H groups in total. The second-order valence-electron chi connectivity index (χ2n) is 4.38. The zero-order valence-electron chi connectivity index (χ0n) is 9.96. The van der Waals surface area contributed by atoms with Gasteiger partial charge in [-0.25, -0.2) is 0 Å². The molecule has 0 heterocycles. The summed E-state index contributed by atoms with van der Waals surface area (Å²) in [5, 5.41) is 3.45. The molecule has 2 unspecified atom stereocenters. The van der Waals surface area contributed by atoms with Crippen LogP contribution in [-0.2, 0) is 0 Å². The molecule has 0 aliphatic carbocycles. The number of benzene rings is 1. The van der Waals surface area contributed by atoms with Crippen LogP contribution < -0.4 is 11.1 Å². The number of hydrogen-bond donors (Lipinski definition) is 2. The van der Waals surface area contributed by atoms with Crippen LogP contribution >= 0.6 is 0 Å². The van der Waals surface area contributed by atoms with E-state index in [0.717, 1.165) is 17.3 Å². The predicted molar refractivity (Wildman–Crippen MR) is 68.0 cm³/mol. The quantitative estimate of drug-likeness (QED) is 0.723. The third kappa shape index (κ3) is 3.82. The molecule has 0 saturated heterocycles. The maximum atomic E-state index is 5.87. The van der Waals surface area contributed by atoms with Crippen LogP contribution in [0.5, 0.6) is 0 Å². The zero-order valence-corrected chi connectivity index (χ0v) is 9.96. The molecular formula is C13H22N2. The fraction of sp³-hybridized carbons (Fsp3) is 0.538. The standard InChI is InChI=1S/C13H22N2/c1-4-10(2)9-11(3)15-13-8-6-5-7-12(13)14/h5-8,10-11,15H,4,9,14H2,1-3H3. The van der Waals surface area contributed by atoms with Crippen LogP contribution in [0.3, 0.4) is 0 Å². The van der Waals surface area contributed by atoms with Gasteiger partial charge in [0.15, 0.2) is 0 Å². The van der Waals surface area contributed by atoms with E-state index in [0.29, 0.717) is 6.04 Å². The van der Waals surface area contributed by atoms with Crippen molar-refractivity contribution in [3.63, 3.8) is 0 Å². The summed E-state index contributed by atoms with van der Waals surface area (Å²) < 4.78 is 0. The van der Waals surface area contributed by atoms with Gasteiger partial charge >= 0.3 is 0 Å². The zero-order chi connectivity index (χ0) is 11.3. The number of nitrogen functional groups attached to an aromatic ring is 1. The van der Waals surface area contributed by atoms with Gasteiger partial charge in [-0.15, -0.1) is 0 Å². The molecule has 0 amide bonds. The summed E-state index contributed by atoms with van der Waals surface area (Å²) in [5.41, 5.74) is 7.75. The molecule has 1 rings (SSSR count). The van der Waals surface area contributed by atoms with Crippen LogP contribution in [0.1, 0.15) is 33.6 Å². The minimum atomic E-state index is 0.477. The smallest absolute Gasteiger partial charge is 0.0575 e. The fourth-order valence-electron chi connectivity index (χ4n) is 1.72. The van der Waals surface area contributed by atoms with Gasteiger partial charge in [-0.05, 0) is 31.4 Å². The van der Waals surface area contributed by atoms with E-state index in [4.69, 9.17) is 5.73 Å². The van der Waals surface area contributed by atoms with Gasteiger partial charge < -0.3 is 11.1 Å². The minimum Gasteiger partial charge on any atom is -0.397 e. The number of nitrogens with two attached hydrogens (primary N) is 1. The SMILES string of the molecule is CCC(C)CC(C)Nc1ccccc1N. The van der Waals surface area contributed by atoms with Gasteiger partial charge in [0.05, 0.1) is 11.4 Å². The summed E-state index contributed by atoms with van der Waals surface area (Å²) in [5.74, 6) is 0.762. The number of rotatable bonds is 5. The Morgan fingerprint density at radius 2 is 1.93 bits per heavy atom. The average Bonchev–Trinajstić information content (AvgIpc) is 2.21. The topological polar surface area (TPSA) is 38.0 Å². The normalized spacial score (nSPS) is 14.6. The van der Waals surface area contributed by atoms with Gasteiger partial charge in [0.25, 0.3) is 0 Å². The molecule has 1 aromatic rings. The molecule has 2 atom stereocenters. The summed E-state index contributed by atoms with van der Waals surface area (Å²) >= 11 is 0. The lowest BCUT2D eigenvalue weighted by Gasteiger charge is -2.19. The van der Waals surface area contributed by atoms with E-state index in [2.05, 4.69) is 26.1 Å². The maximum Gasteiger partial charge on any atom is 0.0575 e. The van der Waals surface area contributed by atoms with Crippen LogP contribution in [0.4, 0.5) is 11.4 Å². The van der Waals surface area contributed by atoms with Crippen LogP contribution in [-0.4, -0.2) is 6.04 Å². The Balaban J connectivity index is 2.51. The van der Waals surface area contributed by atoms with Crippen molar-refractivity contribution in [3.05, 3.63) is 24.3 Å². The lowest BCUT2D eigenvalue weighted by Crippen LogP contribution is -2.18. The van der Waals surface area contributed by atoms with E-state index in [9.17, 15) is 0 Å². The van der Waals surface area contributed by atoms with Crippen molar-refractivity contribution in [1.29, 1.82) is 0 Å². The number of anilines is 2. The molecule has 2 heteroatoms. The Morgan fingerprint density at radius 3 is 2.53 bits per heavy atom. The van der Waals surface area contributed by atoms with Crippen LogP contribution in [0.25, 0.3) is 0 Å². The van der Waals surface area contributed by atoms with E-state index in [1.54, 1.807) is 0 Å². The van der Waals surface area contributed by atoms with Crippen molar-refractivity contribution in [2.24, 2.45) is 5.92 Å². The Kier molecular flexibility index (Phi) is 4.47. The largest absolute Gasteiger partial charge is 0.397 e. The Morgan fingerprint density at radius 1 is 1.27 bits per heavy atom. The molecule has 1 aromatic carbocycles. The molecule has 0 spiro atoms. The Labute approximate surface area is 92.9 Å². The summed E-state index contributed by atoms with van der Waals surface area (Å²) in [4.78, 5) is 0. The maximum absolute atomic E-state index is 5.87. The number of para-hydroxylation sites is 2. The number of nitrogens with one attached hydrogen (secondary N) is 1. The summed E-state index contributed by atoms with van der Waals surface area (Å²) in [6.07, 6.45) is 2.42. The highest BCUT2D eigenvalue weighted by Crippen LogP contribution is 2.20. The first-order valence-corrected chi connectivity index (χ1v) is 5.74. The first-order chi connectivity index (χ1) is 7.13. The van der Waals surface area contributed by atoms with Crippen LogP contribution in [0, 0.1) is 5.92 Å². The first kappa shape index (κ1) is 11.9. The van der Waals surface area contributed by atoms with Gasteiger partial charge in [0, 0.05) is 6.04 Å². The highest BCUT2D eigenvalue weighted by atomic mass is 14.9. The minimum absolute atomic E-state index is 0.477. The van der Waals surface area contributed by atoms with E-state index >= 15 is 0 Å². The molecule has 0 aromatic heterocycles. The van der Waals surface area contributed by atoms with Crippen LogP contribution in [0.15, 0.2) is 24.3 Å². The van der Waals surface area contributed by atoms with Crippen LogP contribution in [0.2, 0.25) is 0 Å². The first-order valence-electron chi connectivity index (χ1n) is 5.74. The molecule has 0 saturated carbocycles. The monoisotopic (exact) mass is 206 g/mol.